The fourth-order valence-corrected chi connectivity index (χ4v) is 12.9. The van der Waals surface area contributed by atoms with E-state index in [0.717, 1.165) is 57.0 Å². The summed E-state index contributed by atoms with van der Waals surface area (Å²) in [4.78, 5) is -2.19. The summed E-state index contributed by atoms with van der Waals surface area (Å²) in [5.41, 5.74) is -1.81. The number of aliphatic hydroxyl groups is 4. The fraction of sp³-hybridized carbons (Fsp3) is 1.00. The highest BCUT2D eigenvalue weighted by Crippen LogP contribution is 2.17. The molecule has 20 nitrogen and oxygen atoms in total. The molecule has 0 saturated carbocycles. The molecule has 0 aromatic rings. The van der Waals surface area contributed by atoms with E-state index in [0.29, 0.717) is 0 Å². The normalized spacial score (nSPS) is 17.3. The lowest BCUT2D eigenvalue weighted by Crippen LogP contribution is -2.44. The molecule has 0 aliphatic rings. The summed E-state index contributed by atoms with van der Waals surface area (Å²) in [5.74, 6) is -2.61. The quantitative estimate of drug-likeness (QED) is 0.126. The average molecular weight is 865 g/mol. The van der Waals surface area contributed by atoms with Crippen molar-refractivity contribution in [1.82, 2.24) is 0 Å². The second-order valence-electron chi connectivity index (χ2n) is 11.6. The molecule has 4 atom stereocenters. The molecule has 0 aliphatic carbocycles. The Bertz CT molecular complexity index is 1920. The predicted molar refractivity (Wildman–Crippen MR) is 181 cm³/mol. The average Bonchev–Trinajstić information content (AvgIpc) is 2.71. The Balaban J connectivity index is -0.000000269. The van der Waals surface area contributed by atoms with Crippen LogP contribution in [0.2, 0.25) is 0 Å². The standard InChI is InChI=1S/C6H14O5S2.2C5H12O5S2.C4H10O5S2/c1-6(4-7,13(3,10)11)5-12(2,8)9;1-11(7,8)4-5(3-6)12(2,9)10;1-5(6,12(3,9)10)4-11(2,7)8;1-10(6,7)3-4(5)11(2,8)9/h7H,4-5H2,1-3H3;5-6H,3-4H2,1-2H3;6H,4H2,1-3H3;4-5H,3H2,1-2H3. The minimum atomic E-state index is -3.76. The largest absolute Gasteiger partial charge is 0.395 e. The molecule has 4 N–H and O–H groups in total. The van der Waals surface area contributed by atoms with Gasteiger partial charge in [-0.3, -0.25) is 0 Å². The van der Waals surface area contributed by atoms with Crippen LogP contribution in [0.25, 0.3) is 0 Å². The molecule has 0 aromatic carbocycles. The molecular formula is C20H48O20S8. The Kier molecular flexibility index (Phi) is 21.2. The van der Waals surface area contributed by atoms with Crippen molar-refractivity contribution < 1.29 is 87.8 Å². The Hall–Kier alpha value is -0.560. The van der Waals surface area contributed by atoms with E-state index < -0.39 is 135 Å². The highest BCUT2D eigenvalue weighted by molar-refractivity contribution is 7.96. The summed E-state index contributed by atoms with van der Waals surface area (Å²) in [6.45, 7) is 0.817. The molecule has 0 heterocycles. The third-order valence-electron chi connectivity index (χ3n) is 5.36. The molecule has 0 fully saturated rings. The van der Waals surface area contributed by atoms with Crippen molar-refractivity contribution in [3.63, 3.8) is 0 Å². The van der Waals surface area contributed by atoms with E-state index >= 15 is 0 Å². The van der Waals surface area contributed by atoms with Crippen LogP contribution in [0.15, 0.2) is 0 Å². The Morgan fingerprint density at radius 1 is 0.500 bits per heavy atom. The monoisotopic (exact) mass is 864 g/mol. The third kappa shape index (κ3) is 28.2. The van der Waals surface area contributed by atoms with Crippen LogP contribution in [0.5, 0.6) is 0 Å². The predicted octanol–water partition coefficient (Wildman–Crippen LogP) is -5.56. The first-order valence-electron chi connectivity index (χ1n) is 12.4. The molecule has 4 unspecified atom stereocenters. The van der Waals surface area contributed by atoms with Crippen molar-refractivity contribution in [3.8, 4) is 0 Å². The van der Waals surface area contributed by atoms with Gasteiger partial charge in [-0.05, 0) is 13.8 Å². The van der Waals surface area contributed by atoms with Gasteiger partial charge in [-0.1, -0.05) is 0 Å². The molecule has 0 rings (SSSR count). The van der Waals surface area contributed by atoms with E-state index in [1.54, 1.807) is 0 Å². The van der Waals surface area contributed by atoms with Crippen LogP contribution in [0, 0.1) is 0 Å². The summed E-state index contributed by atoms with van der Waals surface area (Å²) in [5, 5.41) is 34.2. The molecular weight excluding hydrogens is 817 g/mol. The third-order valence-corrected chi connectivity index (χ3v) is 16.8. The Morgan fingerprint density at radius 2 is 0.833 bits per heavy atom. The Labute approximate surface area is 285 Å². The zero-order valence-corrected chi connectivity index (χ0v) is 34.5. The maximum absolute atomic E-state index is 11.1. The molecule has 0 radical (unpaired) electrons. The van der Waals surface area contributed by atoms with Crippen molar-refractivity contribution in [1.29, 1.82) is 0 Å². The number of hydrogen-bond acceptors (Lipinski definition) is 20. The van der Waals surface area contributed by atoms with Gasteiger partial charge in [0.2, 0.25) is 0 Å². The van der Waals surface area contributed by atoms with Gasteiger partial charge in [0.25, 0.3) is 0 Å². The topological polar surface area (TPSA) is 354 Å². The molecule has 0 aromatic heterocycles. The van der Waals surface area contributed by atoms with Gasteiger partial charge in [-0.15, -0.1) is 0 Å². The van der Waals surface area contributed by atoms with Crippen LogP contribution in [0.3, 0.4) is 0 Å². The van der Waals surface area contributed by atoms with Crippen LogP contribution in [-0.4, -0.2) is 194 Å². The first-order chi connectivity index (χ1) is 20.3. The number of rotatable bonds is 14. The van der Waals surface area contributed by atoms with Crippen LogP contribution in [-0.2, 0) is 78.7 Å². The smallest absolute Gasteiger partial charge is 0.177 e. The minimum Gasteiger partial charge on any atom is -0.395 e. The van der Waals surface area contributed by atoms with Gasteiger partial charge in [0.05, 0.1) is 41.5 Å². The summed E-state index contributed by atoms with van der Waals surface area (Å²) in [7, 11) is -28.2. The van der Waals surface area contributed by atoms with Crippen LogP contribution in [0.1, 0.15) is 13.8 Å². The fourth-order valence-electron chi connectivity index (χ4n) is 2.45. The Morgan fingerprint density at radius 3 is 0.917 bits per heavy atom. The van der Waals surface area contributed by atoms with Crippen molar-refractivity contribution in [3.05, 3.63) is 0 Å². The zero-order valence-electron chi connectivity index (χ0n) is 28.0. The first-order valence-corrected chi connectivity index (χ1v) is 28.3. The molecule has 28 heteroatoms. The lowest BCUT2D eigenvalue weighted by Gasteiger charge is -2.23. The molecule has 48 heavy (non-hydrogen) atoms. The van der Waals surface area contributed by atoms with Gasteiger partial charge in [0.1, 0.15) is 24.4 Å². The van der Waals surface area contributed by atoms with Gasteiger partial charge in [0, 0.05) is 50.0 Å². The lowest BCUT2D eigenvalue weighted by molar-refractivity contribution is 0.168. The minimum absolute atomic E-state index is 0.525. The first kappa shape index (κ1) is 54.2. The molecule has 0 spiro atoms. The summed E-state index contributed by atoms with van der Waals surface area (Å²) in [6.07, 6.45) is 6.98. The molecule has 0 bridgehead atoms. The molecule has 0 saturated heterocycles. The molecule has 296 valence electrons. The highest BCUT2D eigenvalue weighted by Gasteiger charge is 2.38. The maximum Gasteiger partial charge on any atom is 0.177 e. The van der Waals surface area contributed by atoms with Crippen molar-refractivity contribution >= 4 is 78.7 Å². The lowest BCUT2D eigenvalue weighted by atomic mass is 10.2. The highest BCUT2D eigenvalue weighted by atomic mass is 32.2. The number of sulfone groups is 8. The van der Waals surface area contributed by atoms with Crippen LogP contribution < -0.4 is 0 Å². The maximum atomic E-state index is 11.1. The van der Waals surface area contributed by atoms with Crippen molar-refractivity contribution in [2.45, 2.75) is 34.2 Å². The second-order valence-corrected chi connectivity index (χ2v) is 29.7. The van der Waals surface area contributed by atoms with Crippen LogP contribution in [0.4, 0.5) is 0 Å². The molecule has 0 aliphatic heterocycles. The van der Waals surface area contributed by atoms with Gasteiger partial charge >= 0.3 is 0 Å². The van der Waals surface area contributed by atoms with Crippen LogP contribution >= 0.6 is 0 Å². The van der Waals surface area contributed by atoms with E-state index in [9.17, 15) is 72.4 Å². The van der Waals surface area contributed by atoms with E-state index in [1.807, 2.05) is 0 Å². The van der Waals surface area contributed by atoms with Gasteiger partial charge < -0.3 is 20.4 Å². The number of aliphatic hydroxyl groups excluding tert-OH is 3. The summed E-state index contributed by atoms with van der Waals surface area (Å²) < 4.78 is 170. The van der Waals surface area contributed by atoms with Gasteiger partial charge in [-0.2, -0.15) is 0 Å². The van der Waals surface area contributed by atoms with Crippen molar-refractivity contribution in [2.75, 3.05) is 86.3 Å². The van der Waals surface area contributed by atoms with Crippen molar-refractivity contribution in [2.24, 2.45) is 0 Å². The summed E-state index contributed by atoms with van der Waals surface area (Å²) >= 11 is 0. The van der Waals surface area contributed by atoms with E-state index in [2.05, 4.69) is 0 Å². The van der Waals surface area contributed by atoms with E-state index in [1.165, 1.54) is 6.92 Å². The van der Waals surface area contributed by atoms with E-state index in [-0.39, 0.29) is 0 Å². The van der Waals surface area contributed by atoms with Gasteiger partial charge in [-0.25, -0.2) is 67.3 Å². The zero-order chi connectivity index (χ0) is 40.4. The van der Waals surface area contributed by atoms with Gasteiger partial charge in [0.15, 0.2) is 69.4 Å². The van der Waals surface area contributed by atoms with E-state index in [4.69, 9.17) is 15.3 Å². The number of hydrogen-bond donors (Lipinski definition) is 4. The SMILES string of the molecule is CC(CO)(CS(C)(=O)=O)S(C)(=O)=O.CC(O)(CS(C)(=O)=O)S(C)(=O)=O.CS(=O)(=O)CC(CO)S(C)(=O)=O.CS(=O)(=O)CC(O)S(C)(=O)=O. The molecule has 0 amide bonds. The summed E-state index contributed by atoms with van der Waals surface area (Å²) in [6, 6.07) is 0. The second kappa shape index (κ2) is 18.8.